The van der Waals surface area contributed by atoms with E-state index in [0.29, 0.717) is 5.76 Å². The molecule has 1 aromatic rings. The van der Waals surface area contributed by atoms with Crippen LogP contribution in [-0.2, 0) is 13.2 Å². The number of furan rings is 1. The second kappa shape index (κ2) is 6.07. The molecule has 0 aromatic carbocycles. The van der Waals surface area contributed by atoms with Crippen molar-refractivity contribution in [1.29, 1.82) is 0 Å². The Labute approximate surface area is 82.5 Å². The topological polar surface area (TPSA) is 45.4 Å². The monoisotopic (exact) mass is 201 g/mol. The molecule has 2 N–H and O–H groups in total. The number of hydrogen-bond acceptors (Lipinski definition) is 4. The fourth-order valence-electron chi connectivity index (χ4n) is 0.988. The van der Waals surface area contributed by atoms with E-state index in [1.807, 2.05) is 17.8 Å². The third kappa shape index (κ3) is 3.85. The van der Waals surface area contributed by atoms with Crippen molar-refractivity contribution in [1.82, 2.24) is 5.32 Å². The molecule has 0 fully saturated rings. The molecule has 0 aliphatic carbocycles. The lowest BCUT2D eigenvalue weighted by Crippen LogP contribution is -2.15. The average Bonchev–Trinajstić information content (AvgIpc) is 2.60. The minimum atomic E-state index is -0.0230. The average molecular weight is 201 g/mol. The van der Waals surface area contributed by atoms with Crippen molar-refractivity contribution in [3.05, 3.63) is 23.7 Å². The smallest absolute Gasteiger partial charge is 0.129 e. The van der Waals surface area contributed by atoms with Crippen LogP contribution in [0.25, 0.3) is 0 Å². The molecule has 0 radical (unpaired) electrons. The maximum absolute atomic E-state index is 8.74. The van der Waals surface area contributed by atoms with Crippen LogP contribution in [0, 0.1) is 0 Å². The van der Waals surface area contributed by atoms with Crippen LogP contribution in [0.5, 0.6) is 0 Å². The van der Waals surface area contributed by atoms with Crippen molar-refractivity contribution in [2.75, 3.05) is 18.6 Å². The van der Waals surface area contributed by atoms with Gasteiger partial charge >= 0.3 is 0 Å². The first-order valence-electron chi connectivity index (χ1n) is 4.25. The molecular weight excluding hydrogens is 186 g/mol. The highest BCUT2D eigenvalue weighted by Crippen LogP contribution is 2.06. The second-order valence-electron chi connectivity index (χ2n) is 2.70. The van der Waals surface area contributed by atoms with Crippen molar-refractivity contribution in [3.8, 4) is 0 Å². The highest BCUT2D eigenvalue weighted by atomic mass is 32.2. The molecule has 13 heavy (non-hydrogen) atoms. The van der Waals surface area contributed by atoms with Crippen molar-refractivity contribution in [2.24, 2.45) is 0 Å². The molecule has 0 bridgehead atoms. The molecule has 0 spiro atoms. The molecule has 1 heterocycles. The Morgan fingerprint density at radius 2 is 2.23 bits per heavy atom. The Kier molecular flexibility index (Phi) is 4.97. The minimum Gasteiger partial charge on any atom is -0.462 e. The summed E-state index contributed by atoms with van der Waals surface area (Å²) in [5, 5.41) is 12.0. The molecule has 0 aliphatic heterocycles. The molecular formula is C9H15NO2S. The van der Waals surface area contributed by atoms with Crippen molar-refractivity contribution in [3.63, 3.8) is 0 Å². The molecule has 0 atom stereocenters. The zero-order chi connectivity index (χ0) is 9.52. The van der Waals surface area contributed by atoms with E-state index in [-0.39, 0.29) is 6.61 Å². The maximum atomic E-state index is 8.74. The predicted octanol–water partition coefficient (Wildman–Crippen LogP) is 1.22. The Morgan fingerprint density at radius 3 is 2.85 bits per heavy atom. The van der Waals surface area contributed by atoms with E-state index in [2.05, 4.69) is 11.6 Å². The van der Waals surface area contributed by atoms with E-state index in [1.54, 1.807) is 6.07 Å². The molecule has 3 nitrogen and oxygen atoms in total. The molecule has 1 rings (SSSR count). The molecule has 0 saturated heterocycles. The van der Waals surface area contributed by atoms with Crippen molar-refractivity contribution in [2.45, 2.75) is 13.2 Å². The van der Waals surface area contributed by atoms with Crippen molar-refractivity contribution < 1.29 is 9.52 Å². The fraction of sp³-hybridized carbons (Fsp3) is 0.556. The van der Waals surface area contributed by atoms with Gasteiger partial charge in [0.05, 0.1) is 6.54 Å². The van der Waals surface area contributed by atoms with Gasteiger partial charge < -0.3 is 14.8 Å². The second-order valence-corrected chi connectivity index (χ2v) is 3.68. The van der Waals surface area contributed by atoms with E-state index in [1.165, 1.54) is 0 Å². The lowest BCUT2D eigenvalue weighted by Gasteiger charge is -1.99. The normalized spacial score (nSPS) is 10.6. The summed E-state index contributed by atoms with van der Waals surface area (Å²) in [6, 6.07) is 3.68. The quantitative estimate of drug-likeness (QED) is 0.679. The lowest BCUT2D eigenvalue weighted by atomic mass is 10.4. The molecule has 0 saturated carbocycles. The predicted molar refractivity (Wildman–Crippen MR) is 54.7 cm³/mol. The SMILES string of the molecule is CSCCNCc1ccc(CO)o1. The van der Waals surface area contributed by atoms with E-state index >= 15 is 0 Å². The third-order valence-electron chi connectivity index (χ3n) is 1.66. The summed E-state index contributed by atoms with van der Waals surface area (Å²) in [6.45, 7) is 1.70. The lowest BCUT2D eigenvalue weighted by molar-refractivity contribution is 0.243. The first-order chi connectivity index (χ1) is 6.36. The number of aliphatic hydroxyl groups excluding tert-OH is 1. The van der Waals surface area contributed by atoms with Crippen LogP contribution in [0.15, 0.2) is 16.5 Å². The van der Waals surface area contributed by atoms with Crippen molar-refractivity contribution >= 4 is 11.8 Å². The highest BCUT2D eigenvalue weighted by Gasteiger charge is 1.99. The summed E-state index contributed by atoms with van der Waals surface area (Å²) >= 11 is 1.81. The zero-order valence-corrected chi connectivity index (χ0v) is 8.56. The number of rotatable bonds is 6. The molecule has 4 heteroatoms. The van der Waals surface area contributed by atoms with Crippen LogP contribution < -0.4 is 5.32 Å². The summed E-state index contributed by atoms with van der Waals surface area (Å²) in [5.41, 5.74) is 0. The first-order valence-corrected chi connectivity index (χ1v) is 5.64. The summed E-state index contributed by atoms with van der Waals surface area (Å²) < 4.78 is 5.29. The van der Waals surface area contributed by atoms with Gasteiger partial charge in [-0.1, -0.05) is 0 Å². The van der Waals surface area contributed by atoms with Gasteiger partial charge in [-0.15, -0.1) is 0 Å². The summed E-state index contributed by atoms with van der Waals surface area (Å²) in [5.74, 6) is 2.61. The Morgan fingerprint density at radius 1 is 1.46 bits per heavy atom. The Bertz CT molecular complexity index is 237. The summed E-state index contributed by atoms with van der Waals surface area (Å²) in [6.07, 6.45) is 2.08. The van der Waals surface area contributed by atoms with E-state index < -0.39 is 0 Å². The molecule has 1 aromatic heterocycles. The van der Waals surface area contributed by atoms with Crippen LogP contribution in [-0.4, -0.2) is 23.7 Å². The van der Waals surface area contributed by atoms with E-state index in [9.17, 15) is 0 Å². The Hall–Kier alpha value is -0.450. The number of aliphatic hydroxyl groups is 1. The van der Waals surface area contributed by atoms with Gasteiger partial charge in [0.25, 0.3) is 0 Å². The van der Waals surface area contributed by atoms with Crippen LogP contribution in [0.1, 0.15) is 11.5 Å². The summed E-state index contributed by atoms with van der Waals surface area (Å²) in [7, 11) is 0. The van der Waals surface area contributed by atoms with Gasteiger partial charge in [0.1, 0.15) is 18.1 Å². The van der Waals surface area contributed by atoms with Crippen LogP contribution >= 0.6 is 11.8 Å². The fourth-order valence-corrected chi connectivity index (χ4v) is 1.34. The molecule has 0 aliphatic rings. The molecule has 74 valence electrons. The minimum absolute atomic E-state index is 0.0230. The van der Waals surface area contributed by atoms with Gasteiger partial charge in [-0.3, -0.25) is 0 Å². The van der Waals surface area contributed by atoms with Crippen LogP contribution in [0.3, 0.4) is 0 Å². The maximum Gasteiger partial charge on any atom is 0.129 e. The molecule has 0 amide bonds. The van der Waals surface area contributed by atoms with Crippen LogP contribution in [0.4, 0.5) is 0 Å². The van der Waals surface area contributed by atoms with Gasteiger partial charge in [-0.2, -0.15) is 11.8 Å². The van der Waals surface area contributed by atoms with Gasteiger partial charge in [-0.05, 0) is 18.4 Å². The van der Waals surface area contributed by atoms with Gasteiger partial charge in [-0.25, -0.2) is 0 Å². The van der Waals surface area contributed by atoms with E-state index in [4.69, 9.17) is 9.52 Å². The van der Waals surface area contributed by atoms with Crippen LogP contribution in [0.2, 0.25) is 0 Å². The van der Waals surface area contributed by atoms with E-state index in [0.717, 1.165) is 24.6 Å². The largest absolute Gasteiger partial charge is 0.462 e. The standard InChI is InChI=1S/C9H15NO2S/c1-13-5-4-10-6-8-2-3-9(7-11)12-8/h2-3,10-11H,4-7H2,1H3. The third-order valence-corrected chi connectivity index (χ3v) is 2.27. The number of nitrogens with one attached hydrogen (secondary N) is 1. The number of hydrogen-bond donors (Lipinski definition) is 2. The van der Waals surface area contributed by atoms with Gasteiger partial charge in [0, 0.05) is 12.3 Å². The first kappa shape index (κ1) is 10.6. The van der Waals surface area contributed by atoms with Gasteiger partial charge in [0.15, 0.2) is 0 Å². The zero-order valence-electron chi connectivity index (χ0n) is 7.75. The highest BCUT2D eigenvalue weighted by molar-refractivity contribution is 7.98. The Balaban J connectivity index is 2.20. The van der Waals surface area contributed by atoms with Gasteiger partial charge in [0.2, 0.25) is 0 Å². The number of thioether (sulfide) groups is 1. The molecule has 0 unspecified atom stereocenters. The summed E-state index contributed by atoms with van der Waals surface area (Å²) in [4.78, 5) is 0.